The van der Waals surface area contributed by atoms with Crippen LogP contribution in [0.3, 0.4) is 0 Å². The smallest absolute Gasteiger partial charge is 0.341 e. The fourth-order valence-electron chi connectivity index (χ4n) is 2.81. The van der Waals surface area contributed by atoms with Crippen molar-refractivity contribution in [3.8, 4) is 11.5 Å². The molecule has 1 aliphatic carbocycles. The van der Waals surface area contributed by atoms with Crippen molar-refractivity contribution in [3.05, 3.63) is 59.9 Å². The van der Waals surface area contributed by atoms with Gasteiger partial charge in [-0.25, -0.2) is 14.2 Å². The van der Waals surface area contributed by atoms with E-state index in [0.717, 1.165) is 10.6 Å². The van der Waals surface area contributed by atoms with Crippen LogP contribution in [0, 0.1) is 5.82 Å². The molecule has 0 spiro atoms. The number of nitrogens with zero attached hydrogens (tertiary/aromatic N) is 1. The summed E-state index contributed by atoms with van der Waals surface area (Å²) < 4.78 is 18.7. The van der Waals surface area contributed by atoms with Crippen LogP contribution in [-0.2, 0) is 0 Å². The first-order chi connectivity index (χ1) is 11.6. The summed E-state index contributed by atoms with van der Waals surface area (Å²) >= 11 is 0. The second-order valence-electron chi connectivity index (χ2n) is 5.85. The molecule has 0 bridgehead atoms. The number of ether oxygens (including phenoxy) is 1. The van der Waals surface area contributed by atoms with Crippen molar-refractivity contribution in [1.29, 1.82) is 0 Å². The fraction of sp³-hybridized carbons (Fsp3) is 0.278. The number of nitrogens with one attached hydrogen (secondary N) is 1. The Bertz CT molecular complexity index is 714. The number of rotatable bonds is 4. The van der Waals surface area contributed by atoms with Gasteiger partial charge in [0.05, 0.1) is 6.04 Å². The molecule has 0 heterocycles. The van der Waals surface area contributed by atoms with E-state index < -0.39 is 6.03 Å². The van der Waals surface area contributed by atoms with Crippen LogP contribution < -0.4 is 10.1 Å². The lowest BCUT2D eigenvalue weighted by Gasteiger charge is -2.39. The van der Waals surface area contributed by atoms with Crippen LogP contribution in [0.1, 0.15) is 24.3 Å². The molecule has 0 aromatic heterocycles. The van der Waals surface area contributed by atoms with E-state index >= 15 is 0 Å². The van der Waals surface area contributed by atoms with Gasteiger partial charge in [-0.15, -0.1) is 0 Å². The predicted molar refractivity (Wildman–Crippen MR) is 86.8 cm³/mol. The normalized spacial score (nSPS) is 19.3. The molecule has 1 aliphatic rings. The van der Waals surface area contributed by atoms with E-state index in [0.29, 0.717) is 24.3 Å². The first-order valence-corrected chi connectivity index (χ1v) is 7.80. The molecule has 1 saturated carbocycles. The van der Waals surface area contributed by atoms with E-state index in [4.69, 9.17) is 4.74 Å². The van der Waals surface area contributed by atoms with Crippen molar-refractivity contribution >= 4 is 6.03 Å². The molecule has 3 rings (SSSR count). The maximum atomic E-state index is 12.9. The zero-order valence-corrected chi connectivity index (χ0v) is 13.3. The number of hydrogen-bond donors (Lipinski definition) is 2. The zero-order chi connectivity index (χ0) is 17.1. The molecule has 6 heteroatoms. The Balaban J connectivity index is 1.62. The molecule has 1 fully saturated rings. The van der Waals surface area contributed by atoms with Gasteiger partial charge in [0.25, 0.3) is 0 Å². The second kappa shape index (κ2) is 6.88. The maximum Gasteiger partial charge on any atom is 0.341 e. The van der Waals surface area contributed by atoms with Gasteiger partial charge in [-0.3, -0.25) is 5.21 Å². The Morgan fingerprint density at radius 1 is 1.21 bits per heavy atom. The molecule has 2 N–H and O–H groups in total. The van der Waals surface area contributed by atoms with Gasteiger partial charge in [-0.05, 0) is 60.7 Å². The molecule has 126 valence electrons. The van der Waals surface area contributed by atoms with Crippen LogP contribution in [0.5, 0.6) is 11.5 Å². The third-order valence-electron chi connectivity index (χ3n) is 4.26. The molecule has 5 nitrogen and oxygen atoms in total. The predicted octanol–water partition coefficient (Wildman–Crippen LogP) is 3.89. The third-order valence-corrected chi connectivity index (χ3v) is 4.26. The van der Waals surface area contributed by atoms with Crippen molar-refractivity contribution in [3.63, 3.8) is 0 Å². The van der Waals surface area contributed by atoms with Crippen LogP contribution >= 0.6 is 0 Å². The molecule has 0 aliphatic heterocycles. The van der Waals surface area contributed by atoms with Crippen LogP contribution in [0.4, 0.5) is 9.18 Å². The van der Waals surface area contributed by atoms with Gasteiger partial charge in [0, 0.05) is 7.05 Å². The number of halogens is 1. The van der Waals surface area contributed by atoms with Crippen molar-refractivity contribution in [2.45, 2.75) is 24.8 Å². The highest BCUT2D eigenvalue weighted by atomic mass is 19.1. The van der Waals surface area contributed by atoms with Gasteiger partial charge in [-0.1, -0.05) is 12.1 Å². The molecule has 0 saturated heterocycles. The summed E-state index contributed by atoms with van der Waals surface area (Å²) in [6, 6.07) is 12.9. The molecule has 0 unspecified atom stereocenters. The number of carbonyl (C=O) groups excluding carboxylic acids is 1. The molecule has 2 aromatic rings. The van der Waals surface area contributed by atoms with Gasteiger partial charge in [0.1, 0.15) is 17.3 Å². The summed E-state index contributed by atoms with van der Waals surface area (Å²) in [5.74, 6) is 1.21. The van der Waals surface area contributed by atoms with E-state index in [1.165, 1.54) is 19.2 Å². The van der Waals surface area contributed by atoms with Gasteiger partial charge in [0.15, 0.2) is 0 Å². The van der Waals surface area contributed by atoms with Crippen LogP contribution in [-0.4, -0.2) is 29.4 Å². The summed E-state index contributed by atoms with van der Waals surface area (Å²) in [5, 5.41) is 12.9. The average Bonchev–Trinajstić information content (AvgIpc) is 2.55. The molecular weight excluding hydrogens is 311 g/mol. The first-order valence-electron chi connectivity index (χ1n) is 7.80. The molecule has 0 atom stereocenters. The molecule has 2 amide bonds. The standard InChI is InChI=1S/C18H19FN2O3/c1-20-18(22)21(23)15-9-13(10-15)12-3-2-4-17(11-12)24-16-7-5-14(19)6-8-16/h2-8,11,13,15,23H,9-10H2,1H3,(H,20,22)/t13-,15+. The highest BCUT2D eigenvalue weighted by Gasteiger charge is 2.36. The van der Waals surface area contributed by atoms with Crippen molar-refractivity contribution in [2.24, 2.45) is 0 Å². The number of benzene rings is 2. The largest absolute Gasteiger partial charge is 0.457 e. The summed E-state index contributed by atoms with van der Waals surface area (Å²) in [5.41, 5.74) is 1.09. The van der Waals surface area contributed by atoms with E-state index in [1.54, 1.807) is 12.1 Å². The van der Waals surface area contributed by atoms with Crippen LogP contribution in [0.25, 0.3) is 0 Å². The Labute approximate surface area is 139 Å². The topological polar surface area (TPSA) is 61.8 Å². The zero-order valence-electron chi connectivity index (χ0n) is 13.3. The highest BCUT2D eigenvalue weighted by Crippen LogP contribution is 2.40. The minimum atomic E-state index is -0.494. The van der Waals surface area contributed by atoms with E-state index in [2.05, 4.69) is 5.32 Å². The lowest BCUT2D eigenvalue weighted by Crippen LogP contribution is -2.48. The summed E-state index contributed by atoms with van der Waals surface area (Å²) in [6.45, 7) is 0. The lowest BCUT2D eigenvalue weighted by molar-refractivity contribution is -0.104. The third kappa shape index (κ3) is 3.49. The minimum absolute atomic E-state index is 0.170. The Kier molecular flexibility index (Phi) is 4.66. The van der Waals surface area contributed by atoms with Crippen LogP contribution in [0.15, 0.2) is 48.5 Å². The van der Waals surface area contributed by atoms with Gasteiger partial charge < -0.3 is 10.1 Å². The fourth-order valence-corrected chi connectivity index (χ4v) is 2.81. The lowest BCUT2D eigenvalue weighted by atomic mass is 9.75. The summed E-state index contributed by atoms with van der Waals surface area (Å²) in [4.78, 5) is 11.4. The average molecular weight is 330 g/mol. The maximum absolute atomic E-state index is 12.9. The monoisotopic (exact) mass is 330 g/mol. The highest BCUT2D eigenvalue weighted by molar-refractivity contribution is 5.72. The number of urea groups is 1. The SMILES string of the molecule is CNC(=O)N(O)[C@H]1C[C@@H](c2cccc(Oc3ccc(F)cc3)c2)C1. The van der Waals surface area contributed by atoms with Crippen molar-refractivity contribution in [2.75, 3.05) is 7.05 Å². The van der Waals surface area contributed by atoms with Crippen molar-refractivity contribution < 1.29 is 19.1 Å². The van der Waals surface area contributed by atoms with E-state index in [1.807, 2.05) is 24.3 Å². The van der Waals surface area contributed by atoms with Gasteiger partial charge in [-0.2, -0.15) is 0 Å². The minimum Gasteiger partial charge on any atom is -0.457 e. The molecule has 0 radical (unpaired) electrons. The molecular formula is C18H19FN2O3. The number of carbonyl (C=O) groups is 1. The number of amides is 2. The van der Waals surface area contributed by atoms with Crippen LogP contribution in [0.2, 0.25) is 0 Å². The molecule has 2 aromatic carbocycles. The quantitative estimate of drug-likeness (QED) is 0.660. The first kappa shape index (κ1) is 16.3. The Morgan fingerprint density at radius 2 is 1.92 bits per heavy atom. The molecule has 24 heavy (non-hydrogen) atoms. The van der Waals surface area contributed by atoms with Crippen molar-refractivity contribution in [1.82, 2.24) is 10.4 Å². The second-order valence-corrected chi connectivity index (χ2v) is 5.85. The Morgan fingerprint density at radius 3 is 2.58 bits per heavy atom. The summed E-state index contributed by atoms with van der Waals surface area (Å²) in [6.07, 6.45) is 1.40. The number of hydroxylamine groups is 2. The van der Waals surface area contributed by atoms with Gasteiger partial charge in [0.2, 0.25) is 0 Å². The van der Waals surface area contributed by atoms with Gasteiger partial charge >= 0.3 is 6.03 Å². The summed E-state index contributed by atoms with van der Waals surface area (Å²) in [7, 11) is 1.48. The van der Waals surface area contributed by atoms with E-state index in [-0.39, 0.29) is 17.8 Å². The number of hydrogen-bond acceptors (Lipinski definition) is 3. The Hall–Kier alpha value is -2.60. The van der Waals surface area contributed by atoms with E-state index in [9.17, 15) is 14.4 Å².